The highest BCUT2D eigenvalue weighted by atomic mass is 16.3. The van der Waals surface area contributed by atoms with E-state index in [4.69, 9.17) is 4.42 Å². The summed E-state index contributed by atoms with van der Waals surface area (Å²) in [6.45, 7) is -0.143. The molecule has 0 atom stereocenters. The van der Waals surface area contributed by atoms with Crippen LogP contribution in [0.5, 0.6) is 0 Å². The van der Waals surface area contributed by atoms with Crippen LogP contribution in [-0.2, 0) is 11.8 Å². The van der Waals surface area contributed by atoms with Gasteiger partial charge in [0.15, 0.2) is 11.6 Å². The van der Waals surface area contributed by atoms with Crippen molar-refractivity contribution in [1.29, 1.82) is 0 Å². The summed E-state index contributed by atoms with van der Waals surface area (Å²) in [5, 5.41) is 8.96. The number of amides is 2. The van der Waals surface area contributed by atoms with Crippen molar-refractivity contribution in [3.8, 4) is 0 Å². The molecule has 2 rings (SSSR count). The van der Waals surface area contributed by atoms with E-state index in [9.17, 15) is 9.59 Å². The average molecular weight is 248 g/mol. The molecule has 0 aromatic carbocycles. The highest BCUT2D eigenvalue weighted by Gasteiger charge is 2.10. The Bertz CT molecular complexity index is 544. The molecule has 0 fully saturated rings. The highest BCUT2D eigenvalue weighted by molar-refractivity contribution is 5.97. The zero-order valence-corrected chi connectivity index (χ0v) is 9.71. The normalized spacial score (nSPS) is 10.1. The van der Waals surface area contributed by atoms with Crippen LogP contribution in [0.3, 0.4) is 0 Å². The van der Waals surface area contributed by atoms with Gasteiger partial charge in [-0.1, -0.05) is 0 Å². The monoisotopic (exact) mass is 248 g/mol. The van der Waals surface area contributed by atoms with Crippen molar-refractivity contribution >= 4 is 17.6 Å². The van der Waals surface area contributed by atoms with Crippen molar-refractivity contribution in [2.45, 2.75) is 0 Å². The number of hydrogen-bond acceptors (Lipinski definition) is 4. The minimum absolute atomic E-state index is 0.143. The molecule has 7 nitrogen and oxygen atoms in total. The maximum absolute atomic E-state index is 11.5. The summed E-state index contributed by atoms with van der Waals surface area (Å²) >= 11 is 0. The molecular formula is C11H12N4O3. The fourth-order valence-electron chi connectivity index (χ4n) is 1.32. The van der Waals surface area contributed by atoms with Crippen molar-refractivity contribution < 1.29 is 14.0 Å². The fourth-order valence-corrected chi connectivity index (χ4v) is 1.32. The smallest absolute Gasteiger partial charge is 0.287 e. The predicted octanol–water partition coefficient (Wildman–Crippen LogP) is 0.382. The Morgan fingerprint density at radius 2 is 2.28 bits per heavy atom. The minimum Gasteiger partial charge on any atom is -0.459 e. The number of carbonyl (C=O) groups excluding carboxylic acids is 2. The van der Waals surface area contributed by atoms with Crippen molar-refractivity contribution in [2.75, 3.05) is 11.9 Å². The van der Waals surface area contributed by atoms with Crippen LogP contribution in [0, 0.1) is 0 Å². The van der Waals surface area contributed by atoms with Gasteiger partial charge < -0.3 is 15.1 Å². The number of hydrogen-bond donors (Lipinski definition) is 2. The molecule has 2 N–H and O–H groups in total. The van der Waals surface area contributed by atoms with E-state index >= 15 is 0 Å². The first-order valence-electron chi connectivity index (χ1n) is 5.26. The molecular weight excluding hydrogens is 236 g/mol. The van der Waals surface area contributed by atoms with Crippen LogP contribution in [0.2, 0.25) is 0 Å². The lowest BCUT2D eigenvalue weighted by Crippen LogP contribution is -2.32. The first-order valence-corrected chi connectivity index (χ1v) is 5.26. The Morgan fingerprint density at radius 1 is 1.44 bits per heavy atom. The topological polar surface area (TPSA) is 89.2 Å². The molecule has 0 unspecified atom stereocenters. The second kappa shape index (κ2) is 5.17. The minimum atomic E-state index is -0.434. The van der Waals surface area contributed by atoms with Crippen molar-refractivity contribution in [3.05, 3.63) is 36.4 Å². The van der Waals surface area contributed by atoms with E-state index in [0.717, 1.165) is 0 Å². The van der Waals surface area contributed by atoms with Crippen molar-refractivity contribution in [2.24, 2.45) is 7.05 Å². The van der Waals surface area contributed by atoms with E-state index in [2.05, 4.69) is 15.7 Å². The molecule has 0 saturated carbocycles. The molecule has 7 heteroatoms. The second-order valence-electron chi connectivity index (χ2n) is 3.58. The molecule has 2 amide bonds. The SMILES string of the molecule is Cn1ccc(NC(=O)CNC(=O)c2ccco2)n1. The largest absolute Gasteiger partial charge is 0.459 e. The second-order valence-corrected chi connectivity index (χ2v) is 3.58. The quantitative estimate of drug-likeness (QED) is 0.818. The number of aromatic nitrogens is 2. The van der Waals surface area contributed by atoms with Crippen LogP contribution < -0.4 is 10.6 Å². The third kappa shape index (κ3) is 2.97. The van der Waals surface area contributed by atoms with Crippen molar-refractivity contribution in [3.63, 3.8) is 0 Å². The molecule has 0 saturated heterocycles. The number of carbonyl (C=O) groups is 2. The summed E-state index contributed by atoms with van der Waals surface area (Å²) in [6, 6.07) is 4.78. The van der Waals surface area contributed by atoms with Gasteiger partial charge in [-0.05, 0) is 12.1 Å². The molecule has 0 radical (unpaired) electrons. The molecule has 0 spiro atoms. The molecule has 18 heavy (non-hydrogen) atoms. The van der Waals surface area contributed by atoms with E-state index < -0.39 is 5.91 Å². The molecule has 0 bridgehead atoms. The van der Waals surface area contributed by atoms with Gasteiger partial charge in [0.2, 0.25) is 5.91 Å². The lowest BCUT2D eigenvalue weighted by molar-refractivity contribution is -0.115. The van der Waals surface area contributed by atoms with Gasteiger partial charge >= 0.3 is 0 Å². The Balaban J connectivity index is 1.80. The van der Waals surface area contributed by atoms with E-state index in [1.165, 1.54) is 12.3 Å². The van der Waals surface area contributed by atoms with Gasteiger partial charge in [0.05, 0.1) is 12.8 Å². The molecule has 2 heterocycles. The maximum Gasteiger partial charge on any atom is 0.287 e. The van der Waals surface area contributed by atoms with E-state index in [-0.39, 0.29) is 18.2 Å². The van der Waals surface area contributed by atoms with E-state index in [1.807, 2.05) is 0 Å². The molecule has 2 aromatic heterocycles. The molecule has 0 aliphatic rings. The first kappa shape index (κ1) is 11.9. The van der Waals surface area contributed by atoms with Crippen LogP contribution in [-0.4, -0.2) is 28.1 Å². The summed E-state index contributed by atoms with van der Waals surface area (Å²) in [5.41, 5.74) is 0. The molecule has 2 aromatic rings. The van der Waals surface area contributed by atoms with Gasteiger partial charge in [0, 0.05) is 19.3 Å². The summed E-state index contributed by atoms with van der Waals surface area (Å²) in [5.74, 6) is -0.180. The van der Waals surface area contributed by atoms with E-state index in [0.29, 0.717) is 5.82 Å². The summed E-state index contributed by atoms with van der Waals surface area (Å²) < 4.78 is 6.46. The number of nitrogens with one attached hydrogen (secondary N) is 2. The van der Waals surface area contributed by atoms with Gasteiger partial charge in [0.25, 0.3) is 5.91 Å². The van der Waals surface area contributed by atoms with E-state index in [1.54, 1.807) is 30.1 Å². The summed E-state index contributed by atoms with van der Waals surface area (Å²) in [7, 11) is 1.74. The number of furan rings is 1. The van der Waals surface area contributed by atoms with Crippen LogP contribution in [0.15, 0.2) is 35.1 Å². The Kier molecular flexibility index (Phi) is 3.42. The third-order valence-electron chi connectivity index (χ3n) is 2.14. The Labute approximate surface area is 103 Å². The number of anilines is 1. The van der Waals surface area contributed by atoms with Crippen LogP contribution in [0.1, 0.15) is 10.6 Å². The zero-order chi connectivity index (χ0) is 13.0. The number of rotatable bonds is 4. The molecule has 0 aliphatic carbocycles. The number of aryl methyl sites for hydroxylation is 1. The predicted molar refractivity (Wildman–Crippen MR) is 62.9 cm³/mol. The van der Waals surface area contributed by atoms with Crippen LogP contribution in [0.4, 0.5) is 5.82 Å². The van der Waals surface area contributed by atoms with Gasteiger partial charge in [-0.3, -0.25) is 14.3 Å². The van der Waals surface area contributed by atoms with Gasteiger partial charge in [-0.15, -0.1) is 0 Å². The third-order valence-corrected chi connectivity index (χ3v) is 2.14. The average Bonchev–Trinajstić information content (AvgIpc) is 2.97. The fraction of sp³-hybridized carbons (Fsp3) is 0.182. The van der Waals surface area contributed by atoms with Gasteiger partial charge in [0.1, 0.15) is 0 Å². The van der Waals surface area contributed by atoms with Crippen LogP contribution >= 0.6 is 0 Å². The summed E-state index contributed by atoms with van der Waals surface area (Å²) in [4.78, 5) is 23.0. The lowest BCUT2D eigenvalue weighted by Gasteiger charge is -2.03. The molecule has 0 aliphatic heterocycles. The number of nitrogens with zero attached hydrogens (tertiary/aromatic N) is 2. The van der Waals surface area contributed by atoms with Gasteiger partial charge in [-0.25, -0.2) is 0 Å². The lowest BCUT2D eigenvalue weighted by atomic mass is 10.4. The Hall–Kier alpha value is -2.57. The summed E-state index contributed by atoms with van der Waals surface area (Å²) in [6.07, 6.45) is 3.10. The van der Waals surface area contributed by atoms with Gasteiger partial charge in [-0.2, -0.15) is 5.10 Å². The van der Waals surface area contributed by atoms with Crippen LogP contribution in [0.25, 0.3) is 0 Å². The maximum atomic E-state index is 11.5. The standard InChI is InChI=1S/C11H12N4O3/c1-15-5-4-9(14-15)13-10(16)7-12-11(17)8-3-2-6-18-8/h2-6H,7H2,1H3,(H,12,17)(H,13,14,16). The van der Waals surface area contributed by atoms with Crippen molar-refractivity contribution in [1.82, 2.24) is 15.1 Å². The zero-order valence-electron chi connectivity index (χ0n) is 9.71. The first-order chi connectivity index (χ1) is 8.65. The molecule has 94 valence electrons. The highest BCUT2D eigenvalue weighted by Crippen LogP contribution is 2.01. The Morgan fingerprint density at radius 3 is 2.89 bits per heavy atom.